The number of nitrogens with zero attached hydrogens (tertiary/aromatic N) is 1. The van der Waals surface area contributed by atoms with Crippen molar-refractivity contribution in [1.82, 2.24) is 5.32 Å². The van der Waals surface area contributed by atoms with E-state index in [-0.39, 0.29) is 6.54 Å². The molecule has 0 saturated carbocycles. The number of carbonyl (C=O) groups is 1. The van der Waals surface area contributed by atoms with Gasteiger partial charge in [0, 0.05) is 18.8 Å². The molecule has 1 aromatic carbocycles. The summed E-state index contributed by atoms with van der Waals surface area (Å²) in [5.41, 5.74) is 7.21. The zero-order valence-corrected chi connectivity index (χ0v) is 11.2. The molecule has 0 saturated heterocycles. The van der Waals surface area contributed by atoms with Crippen LogP contribution in [0, 0.1) is 0 Å². The van der Waals surface area contributed by atoms with Gasteiger partial charge in [-0.1, -0.05) is 12.1 Å². The lowest BCUT2D eigenvalue weighted by Gasteiger charge is -2.23. The Labute approximate surface area is 115 Å². The number of halogens is 3. The van der Waals surface area contributed by atoms with Crippen LogP contribution in [-0.4, -0.2) is 31.7 Å². The molecule has 0 radical (unpaired) electrons. The molecule has 0 aromatic heterocycles. The number of benzene rings is 1. The Morgan fingerprint density at radius 1 is 1.30 bits per heavy atom. The summed E-state index contributed by atoms with van der Waals surface area (Å²) < 4.78 is 36.0. The molecule has 0 atom stereocenters. The molecule has 0 bridgehead atoms. The molecule has 7 heteroatoms. The smallest absolute Gasteiger partial charge is 0.363 e. The highest BCUT2D eigenvalue weighted by atomic mass is 19.4. The van der Waals surface area contributed by atoms with Crippen LogP contribution in [-0.2, 0) is 11.3 Å². The molecule has 0 unspecified atom stereocenters. The van der Waals surface area contributed by atoms with E-state index < -0.39 is 18.6 Å². The Morgan fingerprint density at radius 2 is 1.90 bits per heavy atom. The van der Waals surface area contributed by atoms with Crippen molar-refractivity contribution in [2.24, 2.45) is 5.73 Å². The molecule has 0 aliphatic heterocycles. The summed E-state index contributed by atoms with van der Waals surface area (Å²) in [5, 5.41) is 1.85. The van der Waals surface area contributed by atoms with Crippen molar-refractivity contribution >= 4 is 11.6 Å². The number of rotatable bonds is 6. The monoisotopic (exact) mass is 289 g/mol. The van der Waals surface area contributed by atoms with Crippen LogP contribution >= 0.6 is 0 Å². The van der Waals surface area contributed by atoms with Crippen LogP contribution in [0.4, 0.5) is 18.9 Å². The highest BCUT2D eigenvalue weighted by molar-refractivity contribution is 5.81. The van der Waals surface area contributed by atoms with Crippen molar-refractivity contribution < 1.29 is 18.0 Å². The van der Waals surface area contributed by atoms with E-state index in [1.807, 2.05) is 24.4 Å². The number of amides is 1. The van der Waals surface area contributed by atoms with Crippen molar-refractivity contribution in [2.75, 3.05) is 24.5 Å². The third-order valence-corrected chi connectivity index (χ3v) is 2.74. The highest BCUT2D eigenvalue weighted by Gasteiger charge is 2.27. The minimum atomic E-state index is -4.39. The number of nitrogens with one attached hydrogen (secondary N) is 1. The second kappa shape index (κ2) is 7.14. The molecule has 0 aliphatic rings. The van der Waals surface area contributed by atoms with E-state index in [1.54, 1.807) is 17.0 Å². The van der Waals surface area contributed by atoms with E-state index >= 15 is 0 Å². The van der Waals surface area contributed by atoms with Gasteiger partial charge in [-0.3, -0.25) is 4.79 Å². The number of hydrogen-bond donors (Lipinski definition) is 2. The first-order valence-corrected chi connectivity index (χ1v) is 6.23. The quantitative estimate of drug-likeness (QED) is 0.837. The van der Waals surface area contributed by atoms with Gasteiger partial charge in [0.2, 0.25) is 5.91 Å². The number of alkyl halides is 3. The van der Waals surface area contributed by atoms with E-state index in [9.17, 15) is 18.0 Å². The van der Waals surface area contributed by atoms with Crippen LogP contribution < -0.4 is 16.0 Å². The lowest BCUT2D eigenvalue weighted by Crippen LogP contribution is -2.41. The van der Waals surface area contributed by atoms with Crippen molar-refractivity contribution in [3.05, 3.63) is 29.8 Å². The van der Waals surface area contributed by atoms with Crippen LogP contribution in [0.1, 0.15) is 12.5 Å². The van der Waals surface area contributed by atoms with E-state index in [2.05, 4.69) is 0 Å². The van der Waals surface area contributed by atoms with E-state index in [4.69, 9.17) is 5.73 Å². The highest BCUT2D eigenvalue weighted by Crippen LogP contribution is 2.15. The summed E-state index contributed by atoms with van der Waals surface area (Å²) in [5.74, 6) is -0.660. The summed E-state index contributed by atoms with van der Waals surface area (Å²) in [6.45, 7) is 1.33. The zero-order valence-electron chi connectivity index (χ0n) is 11.2. The van der Waals surface area contributed by atoms with Crippen molar-refractivity contribution in [2.45, 2.75) is 19.6 Å². The molecule has 0 aliphatic carbocycles. The summed E-state index contributed by atoms with van der Waals surface area (Å²) in [6.07, 6.45) is -4.39. The maximum absolute atomic E-state index is 12.0. The van der Waals surface area contributed by atoms with Gasteiger partial charge in [0.25, 0.3) is 0 Å². The van der Waals surface area contributed by atoms with Gasteiger partial charge in [-0.25, -0.2) is 0 Å². The number of anilines is 1. The number of carbonyl (C=O) groups excluding carboxylic acids is 1. The molecule has 1 amide bonds. The Morgan fingerprint density at radius 3 is 2.35 bits per heavy atom. The lowest BCUT2D eigenvalue weighted by molar-refractivity contribution is -0.137. The molecule has 1 rings (SSSR count). The molecular weight excluding hydrogens is 271 g/mol. The van der Waals surface area contributed by atoms with Crippen LogP contribution in [0.15, 0.2) is 24.3 Å². The Bertz CT molecular complexity index is 431. The Kier molecular flexibility index (Phi) is 5.82. The van der Waals surface area contributed by atoms with Crippen LogP contribution in [0.2, 0.25) is 0 Å². The van der Waals surface area contributed by atoms with E-state index in [1.165, 1.54) is 0 Å². The minimum absolute atomic E-state index is 0.117. The fraction of sp³-hybridized carbons (Fsp3) is 0.462. The molecule has 112 valence electrons. The zero-order chi connectivity index (χ0) is 15.2. The van der Waals surface area contributed by atoms with Gasteiger partial charge in [-0.15, -0.1) is 0 Å². The fourth-order valence-corrected chi connectivity index (χ4v) is 1.66. The molecule has 20 heavy (non-hydrogen) atoms. The Hall–Kier alpha value is -1.76. The normalized spacial score (nSPS) is 11.2. The van der Waals surface area contributed by atoms with Gasteiger partial charge in [0.15, 0.2) is 0 Å². The van der Waals surface area contributed by atoms with Gasteiger partial charge in [0.1, 0.15) is 6.54 Å². The molecular formula is C13H18F3N3O. The first-order valence-electron chi connectivity index (χ1n) is 6.23. The lowest BCUT2D eigenvalue weighted by atomic mass is 10.2. The second-order valence-electron chi connectivity index (χ2n) is 4.28. The SMILES string of the molecule is CCN(CC(=O)NCC(F)(F)F)c1ccc(CN)cc1. The first kappa shape index (κ1) is 16.3. The number of hydrogen-bond acceptors (Lipinski definition) is 3. The largest absolute Gasteiger partial charge is 0.405 e. The standard InChI is InChI=1S/C13H18F3N3O/c1-2-19(8-12(20)18-9-13(14,15)16)11-5-3-10(7-17)4-6-11/h3-6H,2,7-9,17H2,1H3,(H,18,20). The topological polar surface area (TPSA) is 58.4 Å². The van der Waals surface area contributed by atoms with E-state index in [0.717, 1.165) is 11.3 Å². The fourth-order valence-electron chi connectivity index (χ4n) is 1.66. The summed E-state index contributed by atoms with van der Waals surface area (Å²) in [4.78, 5) is 13.2. The Balaban J connectivity index is 2.59. The van der Waals surface area contributed by atoms with E-state index in [0.29, 0.717) is 13.1 Å². The predicted octanol–water partition coefficient (Wildman–Crippen LogP) is 1.65. The minimum Gasteiger partial charge on any atom is -0.363 e. The molecule has 4 nitrogen and oxygen atoms in total. The summed E-state index contributed by atoms with van der Waals surface area (Å²) >= 11 is 0. The third kappa shape index (κ3) is 5.48. The number of likely N-dealkylation sites (N-methyl/N-ethyl adjacent to an activating group) is 1. The summed E-state index contributed by atoms with van der Waals surface area (Å²) in [6, 6.07) is 7.24. The molecule has 0 heterocycles. The van der Waals surface area contributed by atoms with Crippen LogP contribution in [0.25, 0.3) is 0 Å². The first-order chi connectivity index (χ1) is 9.35. The molecule has 1 aromatic rings. The van der Waals surface area contributed by atoms with Gasteiger partial charge in [0.05, 0.1) is 6.54 Å². The average Bonchev–Trinajstić information content (AvgIpc) is 2.42. The van der Waals surface area contributed by atoms with Crippen molar-refractivity contribution in [1.29, 1.82) is 0 Å². The number of nitrogens with two attached hydrogens (primary N) is 1. The van der Waals surface area contributed by atoms with Gasteiger partial charge >= 0.3 is 6.18 Å². The second-order valence-corrected chi connectivity index (χ2v) is 4.28. The van der Waals surface area contributed by atoms with Gasteiger partial charge < -0.3 is 16.0 Å². The van der Waals surface area contributed by atoms with Crippen molar-refractivity contribution in [3.63, 3.8) is 0 Å². The average molecular weight is 289 g/mol. The molecule has 3 N–H and O–H groups in total. The maximum Gasteiger partial charge on any atom is 0.405 e. The predicted molar refractivity (Wildman–Crippen MR) is 71.3 cm³/mol. The van der Waals surface area contributed by atoms with Crippen LogP contribution in [0.3, 0.4) is 0 Å². The summed E-state index contributed by atoms with van der Waals surface area (Å²) in [7, 11) is 0. The molecule has 0 fully saturated rings. The van der Waals surface area contributed by atoms with Crippen LogP contribution in [0.5, 0.6) is 0 Å². The van der Waals surface area contributed by atoms with Gasteiger partial charge in [-0.05, 0) is 24.6 Å². The third-order valence-electron chi connectivity index (χ3n) is 2.74. The van der Waals surface area contributed by atoms with Crippen molar-refractivity contribution in [3.8, 4) is 0 Å². The van der Waals surface area contributed by atoms with Gasteiger partial charge in [-0.2, -0.15) is 13.2 Å². The molecule has 0 spiro atoms. The maximum atomic E-state index is 12.0.